The van der Waals surface area contributed by atoms with Crippen LogP contribution >= 0.6 is 22.9 Å². The van der Waals surface area contributed by atoms with E-state index in [1.807, 2.05) is 68.5 Å². The van der Waals surface area contributed by atoms with Crippen LogP contribution in [0.5, 0.6) is 11.5 Å². The van der Waals surface area contributed by atoms with E-state index in [1.165, 1.54) is 11.3 Å². The molecule has 0 N–H and O–H groups in total. The van der Waals surface area contributed by atoms with E-state index in [0.717, 1.165) is 27.7 Å². The Kier molecular flexibility index (Phi) is 9.12. The lowest BCUT2D eigenvalue weighted by molar-refractivity contribution is -0.139. The van der Waals surface area contributed by atoms with Gasteiger partial charge >= 0.3 is 5.97 Å². The van der Waals surface area contributed by atoms with Gasteiger partial charge in [-0.2, -0.15) is 0 Å². The third-order valence-corrected chi connectivity index (χ3v) is 9.43. The lowest BCUT2D eigenvalue weighted by Crippen LogP contribution is -2.40. The van der Waals surface area contributed by atoms with E-state index in [1.54, 1.807) is 31.6 Å². The van der Waals surface area contributed by atoms with Crippen LogP contribution in [-0.2, 0) is 16.1 Å². The number of thiazole rings is 1. The Labute approximate surface area is 281 Å². The number of allylic oxidation sites excluding steroid dienone is 1. The Morgan fingerprint density at radius 1 is 1.06 bits per heavy atom. The number of methoxy groups -OCH3 is 1. The first-order valence-electron chi connectivity index (χ1n) is 15.5. The molecule has 0 saturated heterocycles. The van der Waals surface area contributed by atoms with Crippen LogP contribution in [0.15, 0.2) is 87.8 Å². The molecule has 3 heterocycles. The molecule has 10 heteroatoms. The van der Waals surface area contributed by atoms with E-state index in [9.17, 15) is 9.59 Å². The second-order valence-corrected chi connectivity index (χ2v) is 13.1. The number of hydrogen-bond donors (Lipinski definition) is 0. The maximum atomic E-state index is 14.4. The van der Waals surface area contributed by atoms with E-state index >= 15 is 0 Å². The van der Waals surface area contributed by atoms with Gasteiger partial charge in [-0.1, -0.05) is 59.3 Å². The molecule has 5 aromatic rings. The smallest absolute Gasteiger partial charge is 0.338 e. The maximum absolute atomic E-state index is 14.4. The largest absolute Gasteiger partial charge is 0.493 e. The molecular weight excluding hydrogens is 634 g/mol. The molecule has 0 unspecified atom stereocenters. The number of rotatable bonds is 9. The molecule has 0 fully saturated rings. The van der Waals surface area contributed by atoms with Gasteiger partial charge in [-0.05, 0) is 82.2 Å². The molecule has 6 rings (SSSR count). The monoisotopic (exact) mass is 669 g/mol. The molecule has 3 aromatic carbocycles. The van der Waals surface area contributed by atoms with Crippen LogP contribution in [0.25, 0.3) is 17.0 Å². The van der Waals surface area contributed by atoms with Crippen LogP contribution in [-0.4, -0.2) is 34.9 Å². The average Bonchev–Trinajstić information content (AvgIpc) is 3.49. The summed E-state index contributed by atoms with van der Waals surface area (Å²) >= 11 is 7.44. The van der Waals surface area contributed by atoms with Crippen LogP contribution in [0, 0.1) is 6.92 Å². The molecule has 1 aliphatic heterocycles. The minimum atomic E-state index is -0.776. The van der Waals surface area contributed by atoms with Gasteiger partial charge in [0.2, 0.25) is 0 Å². The average molecular weight is 670 g/mol. The summed E-state index contributed by atoms with van der Waals surface area (Å²) in [4.78, 5) is 33.1. The summed E-state index contributed by atoms with van der Waals surface area (Å²) in [7, 11) is 1.57. The van der Waals surface area contributed by atoms with Crippen molar-refractivity contribution in [3.05, 3.63) is 125 Å². The van der Waals surface area contributed by atoms with Gasteiger partial charge in [0.15, 0.2) is 16.3 Å². The van der Waals surface area contributed by atoms with Crippen LogP contribution in [0.1, 0.15) is 56.1 Å². The van der Waals surface area contributed by atoms with Gasteiger partial charge < -0.3 is 18.8 Å². The van der Waals surface area contributed by atoms with Crippen LogP contribution in [0.3, 0.4) is 0 Å². The highest BCUT2D eigenvalue weighted by Gasteiger charge is 2.34. The predicted octanol–water partition coefficient (Wildman–Crippen LogP) is 6.56. The highest BCUT2D eigenvalue weighted by molar-refractivity contribution is 7.07. The fourth-order valence-corrected chi connectivity index (χ4v) is 7.21. The van der Waals surface area contributed by atoms with Crippen molar-refractivity contribution in [2.75, 3.05) is 13.7 Å². The third-order valence-electron chi connectivity index (χ3n) is 8.19. The minimum absolute atomic E-state index is 0.0646. The van der Waals surface area contributed by atoms with Crippen LogP contribution < -0.4 is 24.4 Å². The van der Waals surface area contributed by atoms with Crippen LogP contribution in [0.2, 0.25) is 5.02 Å². The lowest BCUT2D eigenvalue weighted by atomic mass is 9.95. The number of para-hydroxylation sites is 1. The molecule has 8 nitrogen and oxygen atoms in total. The van der Waals surface area contributed by atoms with E-state index < -0.39 is 12.0 Å². The zero-order chi connectivity index (χ0) is 33.4. The lowest BCUT2D eigenvalue weighted by Gasteiger charge is -2.25. The Hall–Kier alpha value is -4.60. The predicted molar refractivity (Wildman–Crippen MR) is 186 cm³/mol. The van der Waals surface area contributed by atoms with Gasteiger partial charge in [0.05, 0.1) is 41.7 Å². The van der Waals surface area contributed by atoms with Crippen molar-refractivity contribution < 1.29 is 19.0 Å². The third kappa shape index (κ3) is 6.13. The summed E-state index contributed by atoms with van der Waals surface area (Å²) in [5, 5.41) is 1.73. The van der Waals surface area contributed by atoms with Crippen molar-refractivity contribution in [3.8, 4) is 11.5 Å². The molecule has 0 saturated carbocycles. The summed E-state index contributed by atoms with van der Waals surface area (Å²) in [6.07, 6.45) is 1.88. The normalized spacial score (nSPS) is 14.8. The van der Waals surface area contributed by atoms with Gasteiger partial charge in [0.1, 0.15) is 0 Å². The zero-order valence-electron chi connectivity index (χ0n) is 27.2. The topological polar surface area (TPSA) is 84.1 Å². The number of halogens is 1. The number of ether oxygens (including phenoxy) is 3. The quantitative estimate of drug-likeness (QED) is 0.166. The van der Waals surface area contributed by atoms with Gasteiger partial charge in [0.25, 0.3) is 5.56 Å². The molecule has 0 spiro atoms. The van der Waals surface area contributed by atoms with Crippen molar-refractivity contribution in [1.29, 1.82) is 0 Å². The number of nitrogens with zero attached hydrogens (tertiary/aromatic N) is 3. The van der Waals surface area contributed by atoms with E-state index in [0.29, 0.717) is 49.2 Å². The summed E-state index contributed by atoms with van der Waals surface area (Å²) in [6, 6.07) is 20.7. The van der Waals surface area contributed by atoms with Crippen molar-refractivity contribution in [2.45, 2.75) is 53.3 Å². The maximum Gasteiger partial charge on any atom is 0.338 e. The second-order valence-electron chi connectivity index (χ2n) is 11.6. The van der Waals surface area contributed by atoms with E-state index in [2.05, 4.69) is 23.6 Å². The number of benzene rings is 3. The molecule has 0 aliphatic carbocycles. The summed E-state index contributed by atoms with van der Waals surface area (Å²) in [5.41, 5.74) is 5.40. The Bertz CT molecular complexity index is 2210. The number of carbonyl (C=O) groups is 1. The van der Waals surface area contributed by atoms with E-state index in [4.69, 9.17) is 30.8 Å². The molecular formula is C37H36ClN3O5S. The van der Waals surface area contributed by atoms with Gasteiger partial charge in [-0.15, -0.1) is 0 Å². The molecule has 1 aliphatic rings. The zero-order valence-corrected chi connectivity index (χ0v) is 28.7. The minimum Gasteiger partial charge on any atom is -0.493 e. The van der Waals surface area contributed by atoms with E-state index in [-0.39, 0.29) is 18.3 Å². The SMILES string of the molecule is CCOC(=O)C1=C(C)N=c2s/c(=C\c3c(C)n(Cc4ccc(Cl)cc4)c4ccccc34)c(=O)n2[C@@H]1c1ccc(OC(C)C)c(OC)c1. The fourth-order valence-electron chi connectivity index (χ4n) is 6.06. The first kappa shape index (κ1) is 32.3. The summed E-state index contributed by atoms with van der Waals surface area (Å²) in [5.74, 6) is 0.554. The number of carbonyl (C=O) groups excluding carboxylic acids is 1. The molecule has 0 amide bonds. The number of fused-ring (bicyclic) bond motifs is 2. The highest BCUT2D eigenvalue weighted by atomic mass is 35.5. The Balaban J connectivity index is 1.53. The van der Waals surface area contributed by atoms with Crippen molar-refractivity contribution >= 4 is 45.9 Å². The number of aromatic nitrogens is 2. The fraction of sp³-hybridized carbons (Fsp3) is 0.270. The molecule has 0 radical (unpaired) electrons. The first-order valence-corrected chi connectivity index (χ1v) is 16.7. The van der Waals surface area contributed by atoms with Crippen molar-refractivity contribution in [2.24, 2.45) is 4.99 Å². The molecule has 47 heavy (non-hydrogen) atoms. The molecule has 242 valence electrons. The second kappa shape index (κ2) is 13.3. The van der Waals surface area contributed by atoms with Crippen molar-refractivity contribution in [3.63, 3.8) is 0 Å². The number of esters is 1. The molecule has 1 atom stereocenters. The first-order chi connectivity index (χ1) is 22.6. The molecule has 2 aromatic heterocycles. The van der Waals surface area contributed by atoms with Crippen molar-refractivity contribution in [1.82, 2.24) is 9.13 Å². The van der Waals surface area contributed by atoms with Gasteiger partial charge in [-0.25, -0.2) is 9.79 Å². The van der Waals surface area contributed by atoms with Crippen LogP contribution in [0.4, 0.5) is 0 Å². The van der Waals surface area contributed by atoms with Gasteiger partial charge in [-0.3, -0.25) is 9.36 Å². The summed E-state index contributed by atoms with van der Waals surface area (Å²) < 4.78 is 21.4. The van der Waals surface area contributed by atoms with Gasteiger partial charge in [0, 0.05) is 33.7 Å². The Morgan fingerprint density at radius 2 is 1.81 bits per heavy atom. The Morgan fingerprint density at radius 3 is 2.51 bits per heavy atom. The highest BCUT2D eigenvalue weighted by Crippen LogP contribution is 2.37. The number of hydrogen-bond acceptors (Lipinski definition) is 7. The molecule has 0 bridgehead atoms. The summed E-state index contributed by atoms with van der Waals surface area (Å²) in [6.45, 7) is 10.3. The standard InChI is InChI=1S/C37H36ClN3O5S/c1-7-45-36(43)33-22(4)39-37-41(34(33)25-14-17-30(46-21(2)3)31(18-25)44-6)35(42)32(47-37)19-28-23(5)40(29-11-9-8-10-27(28)29)20-24-12-15-26(38)16-13-24/h8-19,21,34H,7,20H2,1-6H3/b32-19-/t34-/m1/s1.